The van der Waals surface area contributed by atoms with Crippen LogP contribution < -0.4 is 5.32 Å². The molecule has 7 nitrogen and oxygen atoms in total. The number of hydrogen-bond acceptors (Lipinski definition) is 4. The van der Waals surface area contributed by atoms with E-state index in [0.717, 1.165) is 32.5 Å². The number of H-pyrrole nitrogens is 1. The van der Waals surface area contributed by atoms with Crippen LogP contribution in [0.25, 0.3) is 0 Å². The molecule has 2 N–H and O–H groups in total. The summed E-state index contributed by atoms with van der Waals surface area (Å²) in [6.07, 6.45) is 5.80. The summed E-state index contributed by atoms with van der Waals surface area (Å²) in [5, 5.41) is 14.2. The number of rotatable bonds is 3. The molecule has 2 aliphatic rings. The molecule has 3 rings (SSSR count). The number of piperidine rings is 1. The van der Waals surface area contributed by atoms with Crippen molar-refractivity contribution in [1.82, 2.24) is 15.2 Å². The third-order valence-corrected chi connectivity index (χ3v) is 4.52. The first-order valence-corrected chi connectivity index (χ1v) is 7.50. The van der Waals surface area contributed by atoms with Crippen LogP contribution in [0.4, 0.5) is 5.69 Å². The Hall–Kier alpha value is -1.89. The van der Waals surface area contributed by atoms with Gasteiger partial charge in [-0.05, 0) is 38.1 Å². The molecule has 2 aliphatic heterocycles. The third kappa shape index (κ3) is 2.92. The van der Waals surface area contributed by atoms with Crippen molar-refractivity contribution in [3.63, 3.8) is 0 Å². The fraction of sp³-hybridized carbons (Fsp3) is 0.643. The second-order valence-electron chi connectivity index (χ2n) is 5.88. The number of amides is 1. The van der Waals surface area contributed by atoms with Gasteiger partial charge in [0.15, 0.2) is 0 Å². The van der Waals surface area contributed by atoms with E-state index in [1.54, 1.807) is 0 Å². The molecule has 3 heterocycles. The predicted octanol–water partition coefficient (Wildman–Crippen LogP) is 1.53. The van der Waals surface area contributed by atoms with Crippen LogP contribution in [0.3, 0.4) is 0 Å². The molecule has 0 radical (unpaired) electrons. The van der Waals surface area contributed by atoms with Crippen molar-refractivity contribution in [2.24, 2.45) is 5.92 Å². The molecule has 0 bridgehead atoms. The minimum absolute atomic E-state index is 0.0654. The first kappa shape index (κ1) is 14.1. The van der Waals surface area contributed by atoms with Gasteiger partial charge in [0.1, 0.15) is 5.69 Å². The number of likely N-dealkylation sites (tertiary alicyclic amines) is 1. The number of carbonyl (C=O) groups excluding carboxylic acids is 1. The van der Waals surface area contributed by atoms with Gasteiger partial charge in [-0.25, -0.2) is 0 Å². The quantitative estimate of drug-likeness (QED) is 0.653. The van der Waals surface area contributed by atoms with E-state index in [4.69, 9.17) is 0 Å². The van der Waals surface area contributed by atoms with Crippen LogP contribution >= 0.6 is 0 Å². The van der Waals surface area contributed by atoms with E-state index in [1.807, 2.05) is 4.90 Å². The highest BCUT2D eigenvalue weighted by Gasteiger charge is 2.31. The summed E-state index contributed by atoms with van der Waals surface area (Å²) in [6, 6.07) is 1.83. The van der Waals surface area contributed by atoms with Gasteiger partial charge in [-0.2, -0.15) is 0 Å². The summed E-state index contributed by atoms with van der Waals surface area (Å²) in [5.74, 6) is 0.362. The lowest BCUT2D eigenvalue weighted by Gasteiger charge is -2.35. The molecule has 1 amide bonds. The highest BCUT2D eigenvalue weighted by atomic mass is 16.6. The summed E-state index contributed by atoms with van der Waals surface area (Å²) in [4.78, 5) is 27.2. The minimum Gasteiger partial charge on any atom is -0.351 e. The molecule has 7 heteroatoms. The molecule has 114 valence electrons. The molecule has 0 aromatic carbocycles. The molecule has 0 spiro atoms. The van der Waals surface area contributed by atoms with E-state index in [1.165, 1.54) is 25.1 Å². The fourth-order valence-electron chi connectivity index (χ4n) is 3.42. The normalized spacial score (nSPS) is 26.0. The number of aromatic amines is 1. The van der Waals surface area contributed by atoms with E-state index in [0.29, 0.717) is 17.7 Å². The Morgan fingerprint density at radius 1 is 1.38 bits per heavy atom. The highest BCUT2D eigenvalue weighted by Crippen LogP contribution is 2.26. The van der Waals surface area contributed by atoms with Gasteiger partial charge in [0.25, 0.3) is 11.6 Å². The van der Waals surface area contributed by atoms with E-state index in [2.05, 4.69) is 10.3 Å². The van der Waals surface area contributed by atoms with Crippen molar-refractivity contribution in [1.29, 1.82) is 0 Å². The number of carbonyl (C=O) groups is 1. The standard InChI is InChI=1S/C14H20N4O3/c19-14(13-7-11(8-16-13)18(20)21)17-6-2-3-10(9-17)12-4-1-5-15-12/h7-8,10,12,15-16H,1-6,9H2. The van der Waals surface area contributed by atoms with E-state index < -0.39 is 4.92 Å². The summed E-state index contributed by atoms with van der Waals surface area (Å²) in [7, 11) is 0. The monoisotopic (exact) mass is 292 g/mol. The largest absolute Gasteiger partial charge is 0.351 e. The smallest absolute Gasteiger partial charge is 0.287 e. The lowest BCUT2D eigenvalue weighted by Crippen LogP contribution is -2.45. The molecule has 1 aromatic rings. The molecule has 0 aliphatic carbocycles. The number of nitrogens with one attached hydrogen (secondary N) is 2. The summed E-state index contributed by atoms with van der Waals surface area (Å²) in [5.41, 5.74) is 0.242. The Bertz CT molecular complexity index is 536. The van der Waals surface area contributed by atoms with Crippen LogP contribution in [0.15, 0.2) is 12.3 Å². The van der Waals surface area contributed by atoms with Crippen LogP contribution in [0, 0.1) is 16.0 Å². The van der Waals surface area contributed by atoms with Crippen LogP contribution in [-0.2, 0) is 0 Å². The van der Waals surface area contributed by atoms with E-state index in [9.17, 15) is 14.9 Å². The summed E-state index contributed by atoms with van der Waals surface area (Å²) < 4.78 is 0. The van der Waals surface area contributed by atoms with Gasteiger partial charge in [0.05, 0.1) is 11.1 Å². The fourth-order valence-corrected chi connectivity index (χ4v) is 3.42. The average molecular weight is 292 g/mol. The second kappa shape index (κ2) is 5.85. The zero-order valence-corrected chi connectivity index (χ0v) is 11.9. The van der Waals surface area contributed by atoms with Crippen molar-refractivity contribution in [3.05, 3.63) is 28.1 Å². The summed E-state index contributed by atoms with van der Waals surface area (Å²) in [6.45, 7) is 2.54. The number of nitrogens with zero attached hydrogens (tertiary/aromatic N) is 2. The molecule has 2 fully saturated rings. The van der Waals surface area contributed by atoms with Crippen molar-refractivity contribution in [2.75, 3.05) is 19.6 Å². The molecule has 2 unspecified atom stereocenters. The first-order valence-electron chi connectivity index (χ1n) is 7.50. The van der Waals surface area contributed by atoms with Crippen molar-refractivity contribution in [3.8, 4) is 0 Å². The molecule has 2 saturated heterocycles. The molecule has 21 heavy (non-hydrogen) atoms. The zero-order valence-electron chi connectivity index (χ0n) is 11.9. The predicted molar refractivity (Wildman–Crippen MR) is 77.1 cm³/mol. The topological polar surface area (TPSA) is 91.3 Å². The van der Waals surface area contributed by atoms with Crippen molar-refractivity contribution in [2.45, 2.75) is 31.7 Å². The Morgan fingerprint density at radius 2 is 2.24 bits per heavy atom. The molecule has 1 aromatic heterocycles. The SMILES string of the molecule is O=C(c1cc([N+](=O)[O-])c[nH]1)N1CCCC(C2CCCN2)C1. The maximum absolute atomic E-state index is 12.4. The zero-order chi connectivity index (χ0) is 14.8. The maximum atomic E-state index is 12.4. The minimum atomic E-state index is -0.491. The third-order valence-electron chi connectivity index (χ3n) is 4.52. The van der Waals surface area contributed by atoms with E-state index in [-0.39, 0.29) is 11.6 Å². The molecule has 2 atom stereocenters. The summed E-state index contributed by atoms with van der Waals surface area (Å²) >= 11 is 0. The maximum Gasteiger partial charge on any atom is 0.287 e. The second-order valence-corrected chi connectivity index (χ2v) is 5.88. The van der Waals surface area contributed by atoms with Crippen LogP contribution in [0.2, 0.25) is 0 Å². The van der Waals surface area contributed by atoms with Crippen LogP contribution in [0.1, 0.15) is 36.2 Å². The first-order chi connectivity index (χ1) is 10.1. The van der Waals surface area contributed by atoms with Gasteiger partial charge in [-0.15, -0.1) is 0 Å². The number of aromatic nitrogens is 1. The highest BCUT2D eigenvalue weighted by molar-refractivity contribution is 5.93. The van der Waals surface area contributed by atoms with Gasteiger partial charge < -0.3 is 15.2 Å². The molecular weight excluding hydrogens is 272 g/mol. The van der Waals surface area contributed by atoms with Crippen LogP contribution in [0.5, 0.6) is 0 Å². The van der Waals surface area contributed by atoms with Crippen molar-refractivity contribution < 1.29 is 9.72 Å². The van der Waals surface area contributed by atoms with Gasteiger partial charge in [-0.3, -0.25) is 14.9 Å². The Morgan fingerprint density at radius 3 is 2.90 bits per heavy atom. The van der Waals surface area contributed by atoms with Gasteiger partial charge in [0.2, 0.25) is 0 Å². The molecular formula is C14H20N4O3. The average Bonchev–Trinajstić information content (AvgIpc) is 3.18. The lowest BCUT2D eigenvalue weighted by molar-refractivity contribution is -0.384. The lowest BCUT2D eigenvalue weighted by atomic mass is 9.89. The van der Waals surface area contributed by atoms with Gasteiger partial charge >= 0.3 is 0 Å². The number of nitro groups is 1. The van der Waals surface area contributed by atoms with Gasteiger partial charge in [-0.1, -0.05) is 0 Å². The van der Waals surface area contributed by atoms with E-state index >= 15 is 0 Å². The van der Waals surface area contributed by atoms with Crippen LogP contribution in [-0.4, -0.2) is 46.4 Å². The molecule has 0 saturated carbocycles. The Kier molecular flexibility index (Phi) is 3.92. The number of hydrogen-bond donors (Lipinski definition) is 2. The Balaban J connectivity index is 1.67. The van der Waals surface area contributed by atoms with Gasteiger partial charge in [0, 0.05) is 25.2 Å². The Labute approximate surface area is 122 Å². The van der Waals surface area contributed by atoms with Crippen molar-refractivity contribution >= 4 is 11.6 Å².